The molecular formula is C13H16N2O. The van der Waals surface area contributed by atoms with Crippen LogP contribution in [0.4, 0.5) is 0 Å². The van der Waals surface area contributed by atoms with Crippen molar-refractivity contribution in [3.63, 3.8) is 0 Å². The fraction of sp³-hybridized carbons (Fsp3) is 0.462. The third kappa shape index (κ3) is 1.61. The Hall–Kier alpha value is -1.35. The lowest BCUT2D eigenvalue weighted by atomic mass is 9.90. The molecular weight excluding hydrogens is 200 g/mol. The fourth-order valence-corrected chi connectivity index (χ4v) is 2.55. The molecule has 3 heteroatoms. The molecule has 0 aliphatic carbocycles. The number of hydrogen-bond acceptors (Lipinski definition) is 2. The van der Waals surface area contributed by atoms with Gasteiger partial charge in [-0.15, -0.1) is 0 Å². The van der Waals surface area contributed by atoms with Crippen LogP contribution < -0.4 is 0 Å². The van der Waals surface area contributed by atoms with E-state index in [0.717, 1.165) is 18.7 Å². The summed E-state index contributed by atoms with van der Waals surface area (Å²) in [6, 6.07) is 4.44. The molecule has 0 spiro atoms. The van der Waals surface area contributed by atoms with Gasteiger partial charge in [-0.3, -0.25) is 5.10 Å². The molecule has 3 nitrogen and oxygen atoms in total. The molecule has 84 valence electrons. The van der Waals surface area contributed by atoms with Crippen LogP contribution in [-0.4, -0.2) is 23.4 Å². The molecule has 1 N–H and O–H groups in total. The summed E-state index contributed by atoms with van der Waals surface area (Å²) in [7, 11) is 0. The van der Waals surface area contributed by atoms with Gasteiger partial charge < -0.3 is 4.74 Å². The highest BCUT2D eigenvalue weighted by molar-refractivity contribution is 5.79. The quantitative estimate of drug-likeness (QED) is 0.796. The van der Waals surface area contributed by atoms with E-state index in [0.29, 0.717) is 5.92 Å². The molecule has 1 atom stereocenters. The van der Waals surface area contributed by atoms with E-state index in [1.807, 2.05) is 6.20 Å². The van der Waals surface area contributed by atoms with Crippen LogP contribution >= 0.6 is 0 Å². The SMILES string of the molecule is Cc1cc2cn[nH]c2cc1C1CCCOC1. The van der Waals surface area contributed by atoms with Crippen LogP contribution in [0.15, 0.2) is 18.3 Å². The van der Waals surface area contributed by atoms with Gasteiger partial charge in [0.25, 0.3) is 0 Å². The topological polar surface area (TPSA) is 37.9 Å². The molecule has 1 fully saturated rings. The second-order valence-corrected chi connectivity index (χ2v) is 4.58. The number of hydrogen-bond donors (Lipinski definition) is 1. The second kappa shape index (κ2) is 3.91. The molecule has 1 aromatic heterocycles. The zero-order chi connectivity index (χ0) is 11.0. The minimum Gasteiger partial charge on any atom is -0.381 e. The number of rotatable bonds is 1. The van der Waals surface area contributed by atoms with Gasteiger partial charge in [0, 0.05) is 17.9 Å². The minimum atomic E-state index is 0.557. The van der Waals surface area contributed by atoms with Crippen molar-refractivity contribution in [3.05, 3.63) is 29.5 Å². The average Bonchev–Trinajstić information content (AvgIpc) is 2.76. The zero-order valence-corrected chi connectivity index (χ0v) is 9.49. The first-order valence-electron chi connectivity index (χ1n) is 5.86. The summed E-state index contributed by atoms with van der Waals surface area (Å²) >= 11 is 0. The Morgan fingerprint density at radius 3 is 3.19 bits per heavy atom. The van der Waals surface area contributed by atoms with Crippen molar-refractivity contribution in [2.45, 2.75) is 25.7 Å². The lowest BCUT2D eigenvalue weighted by Crippen LogP contribution is -2.16. The number of ether oxygens (including phenoxy) is 1. The molecule has 1 aromatic carbocycles. The number of benzene rings is 1. The number of aromatic amines is 1. The van der Waals surface area contributed by atoms with Crippen LogP contribution in [0.25, 0.3) is 10.9 Å². The van der Waals surface area contributed by atoms with Gasteiger partial charge >= 0.3 is 0 Å². The molecule has 2 heterocycles. The van der Waals surface area contributed by atoms with E-state index in [2.05, 4.69) is 29.3 Å². The van der Waals surface area contributed by atoms with Crippen LogP contribution in [0.2, 0.25) is 0 Å². The summed E-state index contributed by atoms with van der Waals surface area (Å²) in [5, 5.41) is 8.30. The number of nitrogens with zero attached hydrogens (tertiary/aromatic N) is 1. The number of aryl methyl sites for hydroxylation is 1. The van der Waals surface area contributed by atoms with E-state index in [4.69, 9.17) is 4.74 Å². The van der Waals surface area contributed by atoms with Gasteiger partial charge in [0.2, 0.25) is 0 Å². The number of fused-ring (bicyclic) bond motifs is 1. The largest absolute Gasteiger partial charge is 0.381 e. The predicted molar refractivity (Wildman–Crippen MR) is 63.6 cm³/mol. The van der Waals surface area contributed by atoms with Crippen molar-refractivity contribution in [2.75, 3.05) is 13.2 Å². The van der Waals surface area contributed by atoms with Crippen LogP contribution in [0, 0.1) is 6.92 Å². The summed E-state index contributed by atoms with van der Waals surface area (Å²) in [4.78, 5) is 0. The molecule has 0 bridgehead atoms. The first-order valence-corrected chi connectivity index (χ1v) is 5.86. The van der Waals surface area contributed by atoms with Crippen molar-refractivity contribution >= 4 is 10.9 Å². The van der Waals surface area contributed by atoms with E-state index < -0.39 is 0 Å². The monoisotopic (exact) mass is 216 g/mol. The lowest BCUT2D eigenvalue weighted by Gasteiger charge is -2.23. The first kappa shape index (κ1) is 9.85. The fourth-order valence-electron chi connectivity index (χ4n) is 2.55. The Labute approximate surface area is 94.8 Å². The van der Waals surface area contributed by atoms with E-state index in [1.165, 1.54) is 29.4 Å². The molecule has 0 saturated carbocycles. The number of nitrogens with one attached hydrogen (secondary N) is 1. The van der Waals surface area contributed by atoms with E-state index in [1.54, 1.807) is 0 Å². The van der Waals surface area contributed by atoms with E-state index >= 15 is 0 Å². The third-order valence-electron chi connectivity index (χ3n) is 3.43. The second-order valence-electron chi connectivity index (χ2n) is 4.58. The molecule has 1 aliphatic rings. The molecule has 1 saturated heterocycles. The molecule has 0 radical (unpaired) electrons. The smallest absolute Gasteiger partial charge is 0.0653 e. The predicted octanol–water partition coefficient (Wildman–Crippen LogP) is 2.77. The molecule has 2 aromatic rings. The molecule has 0 amide bonds. The van der Waals surface area contributed by atoms with Crippen molar-refractivity contribution in [3.8, 4) is 0 Å². The Balaban J connectivity index is 2.03. The molecule has 3 rings (SSSR count). The van der Waals surface area contributed by atoms with E-state index in [-0.39, 0.29) is 0 Å². The summed E-state index contributed by atoms with van der Waals surface area (Å²) in [6.45, 7) is 3.96. The van der Waals surface area contributed by atoms with Crippen LogP contribution in [0.3, 0.4) is 0 Å². The van der Waals surface area contributed by atoms with Gasteiger partial charge in [-0.05, 0) is 43.0 Å². The zero-order valence-electron chi connectivity index (χ0n) is 9.49. The van der Waals surface area contributed by atoms with Crippen LogP contribution in [0.5, 0.6) is 0 Å². The Bertz CT molecular complexity index is 498. The average molecular weight is 216 g/mol. The van der Waals surface area contributed by atoms with Gasteiger partial charge in [0.1, 0.15) is 0 Å². The Kier molecular flexibility index (Phi) is 2.40. The van der Waals surface area contributed by atoms with Gasteiger partial charge in [-0.2, -0.15) is 5.10 Å². The Morgan fingerprint density at radius 1 is 1.44 bits per heavy atom. The summed E-state index contributed by atoms with van der Waals surface area (Å²) in [6.07, 6.45) is 4.29. The summed E-state index contributed by atoms with van der Waals surface area (Å²) < 4.78 is 5.56. The van der Waals surface area contributed by atoms with Crippen molar-refractivity contribution in [1.82, 2.24) is 10.2 Å². The minimum absolute atomic E-state index is 0.557. The summed E-state index contributed by atoms with van der Waals surface area (Å²) in [5.74, 6) is 0.557. The first-order chi connectivity index (χ1) is 7.84. The van der Waals surface area contributed by atoms with Gasteiger partial charge in [0.15, 0.2) is 0 Å². The maximum Gasteiger partial charge on any atom is 0.0653 e. The number of aromatic nitrogens is 2. The van der Waals surface area contributed by atoms with Crippen LogP contribution in [-0.2, 0) is 4.74 Å². The standard InChI is InChI=1S/C13H16N2O/c1-9-5-11-7-14-15-13(11)6-12(9)10-3-2-4-16-8-10/h5-7,10H,2-4,8H2,1H3,(H,14,15). The van der Waals surface area contributed by atoms with E-state index in [9.17, 15) is 0 Å². The maximum atomic E-state index is 5.56. The summed E-state index contributed by atoms with van der Waals surface area (Å²) in [5.41, 5.74) is 3.90. The third-order valence-corrected chi connectivity index (χ3v) is 3.43. The van der Waals surface area contributed by atoms with Gasteiger partial charge in [-0.25, -0.2) is 0 Å². The van der Waals surface area contributed by atoms with Crippen molar-refractivity contribution in [1.29, 1.82) is 0 Å². The van der Waals surface area contributed by atoms with Gasteiger partial charge in [-0.1, -0.05) is 0 Å². The molecule has 16 heavy (non-hydrogen) atoms. The highest BCUT2D eigenvalue weighted by Crippen LogP contribution is 2.30. The highest BCUT2D eigenvalue weighted by Gasteiger charge is 2.18. The Morgan fingerprint density at radius 2 is 2.38 bits per heavy atom. The number of H-pyrrole nitrogens is 1. The maximum absolute atomic E-state index is 5.56. The molecule has 1 unspecified atom stereocenters. The van der Waals surface area contributed by atoms with Crippen molar-refractivity contribution in [2.24, 2.45) is 0 Å². The lowest BCUT2D eigenvalue weighted by molar-refractivity contribution is 0.0803. The molecule has 1 aliphatic heterocycles. The van der Waals surface area contributed by atoms with Crippen molar-refractivity contribution < 1.29 is 4.74 Å². The highest BCUT2D eigenvalue weighted by atomic mass is 16.5. The normalized spacial score (nSPS) is 21.4. The van der Waals surface area contributed by atoms with Crippen LogP contribution in [0.1, 0.15) is 29.9 Å². The van der Waals surface area contributed by atoms with Gasteiger partial charge in [0.05, 0.1) is 18.3 Å².